The quantitative estimate of drug-likeness (QED) is 0.479. The molecule has 6 heteroatoms. The number of nitrogens with one attached hydrogen (secondary N) is 1. The van der Waals surface area contributed by atoms with Gasteiger partial charge in [0.15, 0.2) is 0 Å². The minimum absolute atomic E-state index is 0.0526. The summed E-state index contributed by atoms with van der Waals surface area (Å²) in [6.07, 6.45) is 6.06. The van der Waals surface area contributed by atoms with Gasteiger partial charge in [0.2, 0.25) is 5.91 Å². The molecular formula is C27H34N4O2. The van der Waals surface area contributed by atoms with Gasteiger partial charge in [0.25, 0.3) is 0 Å². The molecule has 6 nitrogen and oxygen atoms in total. The van der Waals surface area contributed by atoms with Gasteiger partial charge in [0.1, 0.15) is 18.2 Å². The molecule has 1 aliphatic heterocycles. The molecule has 1 aliphatic rings. The average Bonchev–Trinajstić information content (AvgIpc) is 3.32. The lowest BCUT2D eigenvalue weighted by molar-refractivity contribution is -0.116. The highest BCUT2D eigenvalue weighted by atomic mass is 16.5. The Morgan fingerprint density at radius 1 is 1.06 bits per heavy atom. The highest BCUT2D eigenvalue weighted by Crippen LogP contribution is 2.26. The number of likely N-dealkylation sites (tertiary alicyclic amines) is 1. The predicted molar refractivity (Wildman–Crippen MR) is 131 cm³/mol. The summed E-state index contributed by atoms with van der Waals surface area (Å²) in [5.41, 5.74) is 1.27. The summed E-state index contributed by atoms with van der Waals surface area (Å²) in [6.45, 7) is 4.89. The standard InChI is InChI=1S/C27H34N4O2/c1-22(21-33-25-12-6-3-7-13-25)30-19-16-24(17-20-30)31-26(15-18-28-31)29-27(32)14-8-11-23-9-4-2-5-10-23/h2-7,9-10,12-13,15,18,22,24H,8,11,14,16-17,19-21H2,1H3,(H,29,32). The fourth-order valence-electron chi connectivity index (χ4n) is 4.42. The molecule has 0 bridgehead atoms. The van der Waals surface area contributed by atoms with Gasteiger partial charge in [0.05, 0.1) is 12.2 Å². The number of hydrogen-bond donors (Lipinski definition) is 1. The van der Waals surface area contributed by atoms with Crippen LogP contribution >= 0.6 is 0 Å². The minimum atomic E-state index is 0.0526. The molecule has 174 valence electrons. The summed E-state index contributed by atoms with van der Waals surface area (Å²) < 4.78 is 7.93. The molecule has 0 spiro atoms. The van der Waals surface area contributed by atoms with Crippen molar-refractivity contribution in [2.45, 2.75) is 51.1 Å². The van der Waals surface area contributed by atoms with Crippen LogP contribution in [-0.4, -0.2) is 46.3 Å². The van der Waals surface area contributed by atoms with Gasteiger partial charge in [-0.15, -0.1) is 0 Å². The second-order valence-corrected chi connectivity index (χ2v) is 8.79. The number of hydrogen-bond acceptors (Lipinski definition) is 4. The van der Waals surface area contributed by atoms with Gasteiger partial charge >= 0.3 is 0 Å². The molecule has 2 aromatic carbocycles. The number of anilines is 1. The van der Waals surface area contributed by atoms with Crippen molar-refractivity contribution in [3.05, 3.63) is 78.5 Å². The zero-order valence-electron chi connectivity index (χ0n) is 19.4. The third kappa shape index (κ3) is 6.68. The van der Waals surface area contributed by atoms with E-state index in [-0.39, 0.29) is 5.91 Å². The van der Waals surface area contributed by atoms with Crippen molar-refractivity contribution in [2.75, 3.05) is 25.0 Å². The van der Waals surface area contributed by atoms with Crippen LogP contribution in [0.4, 0.5) is 5.82 Å². The number of para-hydroxylation sites is 1. The van der Waals surface area contributed by atoms with Gasteiger partial charge in [-0.05, 0) is 50.3 Å². The summed E-state index contributed by atoms with van der Waals surface area (Å²) in [7, 11) is 0. The molecule has 4 rings (SSSR count). The zero-order chi connectivity index (χ0) is 22.9. The summed E-state index contributed by atoms with van der Waals surface area (Å²) in [4.78, 5) is 15.0. The zero-order valence-corrected chi connectivity index (χ0v) is 19.4. The molecule has 0 aliphatic carbocycles. The van der Waals surface area contributed by atoms with E-state index in [4.69, 9.17) is 4.74 Å². The summed E-state index contributed by atoms with van der Waals surface area (Å²) in [5.74, 6) is 1.77. The first-order valence-corrected chi connectivity index (χ1v) is 12.0. The first-order valence-electron chi connectivity index (χ1n) is 12.0. The number of piperidine rings is 1. The number of aromatic nitrogens is 2. The number of rotatable bonds is 10. The van der Waals surface area contributed by atoms with Crippen LogP contribution in [0.15, 0.2) is 72.9 Å². The number of carbonyl (C=O) groups is 1. The largest absolute Gasteiger partial charge is 0.492 e. The van der Waals surface area contributed by atoms with Crippen LogP contribution in [0.1, 0.15) is 44.2 Å². The highest BCUT2D eigenvalue weighted by Gasteiger charge is 2.26. The van der Waals surface area contributed by atoms with E-state index in [1.54, 1.807) is 6.20 Å². The Balaban J connectivity index is 1.21. The lowest BCUT2D eigenvalue weighted by atomic mass is 10.0. The monoisotopic (exact) mass is 446 g/mol. The van der Waals surface area contributed by atoms with Crippen LogP contribution in [0.25, 0.3) is 0 Å². The van der Waals surface area contributed by atoms with Crippen molar-refractivity contribution < 1.29 is 9.53 Å². The molecule has 1 saturated heterocycles. The van der Waals surface area contributed by atoms with Crippen LogP contribution in [0.5, 0.6) is 5.75 Å². The normalized spacial score (nSPS) is 15.8. The average molecular weight is 447 g/mol. The Labute approximate surface area is 196 Å². The van der Waals surface area contributed by atoms with Crippen LogP contribution in [-0.2, 0) is 11.2 Å². The van der Waals surface area contributed by atoms with E-state index < -0.39 is 0 Å². The van der Waals surface area contributed by atoms with Crippen molar-refractivity contribution in [3.8, 4) is 5.75 Å². The third-order valence-electron chi connectivity index (χ3n) is 6.35. The van der Waals surface area contributed by atoms with E-state index in [1.807, 2.05) is 59.3 Å². The number of aryl methyl sites for hydroxylation is 1. The van der Waals surface area contributed by atoms with Gasteiger partial charge in [0, 0.05) is 31.6 Å². The molecule has 1 atom stereocenters. The lowest BCUT2D eigenvalue weighted by Gasteiger charge is -2.36. The summed E-state index contributed by atoms with van der Waals surface area (Å²) in [5, 5.41) is 7.60. The van der Waals surface area contributed by atoms with Gasteiger partial charge in [-0.3, -0.25) is 9.69 Å². The Morgan fingerprint density at radius 3 is 2.48 bits per heavy atom. The molecule has 1 aromatic heterocycles. The first-order chi connectivity index (χ1) is 16.2. The van der Waals surface area contributed by atoms with Crippen molar-refractivity contribution in [1.29, 1.82) is 0 Å². The van der Waals surface area contributed by atoms with E-state index in [2.05, 4.69) is 34.4 Å². The molecule has 1 amide bonds. The van der Waals surface area contributed by atoms with E-state index in [1.165, 1.54) is 5.56 Å². The second-order valence-electron chi connectivity index (χ2n) is 8.79. The van der Waals surface area contributed by atoms with Crippen LogP contribution in [0.2, 0.25) is 0 Å². The number of benzene rings is 2. The fraction of sp³-hybridized carbons (Fsp3) is 0.407. The van der Waals surface area contributed by atoms with E-state index in [0.29, 0.717) is 25.1 Å². The van der Waals surface area contributed by atoms with Gasteiger partial charge in [-0.25, -0.2) is 4.68 Å². The highest BCUT2D eigenvalue weighted by molar-refractivity contribution is 5.89. The molecule has 33 heavy (non-hydrogen) atoms. The SMILES string of the molecule is CC(COc1ccccc1)N1CCC(n2nccc2NC(=O)CCCc2ccccc2)CC1. The fourth-order valence-corrected chi connectivity index (χ4v) is 4.42. The first kappa shape index (κ1) is 23.1. The summed E-state index contributed by atoms with van der Waals surface area (Å²) in [6, 6.07) is 22.8. The molecule has 0 saturated carbocycles. The Kier molecular flexibility index (Phi) is 8.14. The Bertz CT molecular complexity index is 982. The maximum Gasteiger partial charge on any atom is 0.225 e. The molecule has 1 N–H and O–H groups in total. The number of nitrogens with zero attached hydrogens (tertiary/aromatic N) is 3. The van der Waals surface area contributed by atoms with E-state index in [0.717, 1.165) is 50.3 Å². The van der Waals surface area contributed by atoms with Crippen molar-refractivity contribution in [1.82, 2.24) is 14.7 Å². The van der Waals surface area contributed by atoms with Crippen LogP contribution in [0, 0.1) is 0 Å². The van der Waals surface area contributed by atoms with E-state index in [9.17, 15) is 4.79 Å². The van der Waals surface area contributed by atoms with Crippen molar-refractivity contribution in [2.24, 2.45) is 0 Å². The van der Waals surface area contributed by atoms with Gasteiger partial charge in [-0.1, -0.05) is 48.5 Å². The number of carbonyl (C=O) groups excluding carboxylic acids is 1. The second kappa shape index (κ2) is 11.7. The number of amides is 1. The number of ether oxygens (including phenoxy) is 1. The maximum atomic E-state index is 12.5. The topological polar surface area (TPSA) is 59.4 Å². The van der Waals surface area contributed by atoms with E-state index >= 15 is 0 Å². The van der Waals surface area contributed by atoms with Gasteiger partial charge in [-0.2, -0.15) is 5.10 Å². The van der Waals surface area contributed by atoms with Gasteiger partial charge < -0.3 is 10.1 Å². The predicted octanol–water partition coefficient (Wildman–Crippen LogP) is 4.95. The van der Waals surface area contributed by atoms with Crippen molar-refractivity contribution in [3.63, 3.8) is 0 Å². The lowest BCUT2D eigenvalue weighted by Crippen LogP contribution is -2.43. The molecule has 1 fully saturated rings. The Morgan fingerprint density at radius 2 is 1.76 bits per heavy atom. The third-order valence-corrected chi connectivity index (χ3v) is 6.35. The molecule has 0 radical (unpaired) electrons. The minimum Gasteiger partial charge on any atom is -0.492 e. The smallest absolute Gasteiger partial charge is 0.225 e. The van der Waals surface area contributed by atoms with Crippen LogP contribution < -0.4 is 10.1 Å². The molecule has 1 unspecified atom stereocenters. The molecular weight excluding hydrogens is 412 g/mol. The maximum absolute atomic E-state index is 12.5. The van der Waals surface area contributed by atoms with Crippen molar-refractivity contribution >= 4 is 11.7 Å². The Hall–Kier alpha value is -3.12. The molecule has 3 aromatic rings. The molecule has 2 heterocycles. The summed E-state index contributed by atoms with van der Waals surface area (Å²) >= 11 is 0. The van der Waals surface area contributed by atoms with Crippen LogP contribution in [0.3, 0.4) is 0 Å².